The van der Waals surface area contributed by atoms with Crippen LogP contribution in [0.4, 0.5) is 0 Å². The Bertz CT molecular complexity index is 477. The third-order valence-electron chi connectivity index (χ3n) is 3.07. The van der Waals surface area contributed by atoms with Gasteiger partial charge in [0.15, 0.2) is 6.10 Å². The molecule has 1 N–H and O–H groups in total. The van der Waals surface area contributed by atoms with Crippen molar-refractivity contribution in [2.45, 2.75) is 38.5 Å². The Labute approximate surface area is 115 Å². The second kappa shape index (κ2) is 4.94. The van der Waals surface area contributed by atoms with Crippen molar-refractivity contribution >= 4 is 23.2 Å². The summed E-state index contributed by atoms with van der Waals surface area (Å²) >= 11 is 1.47. The summed E-state index contributed by atoms with van der Waals surface area (Å²) in [6.07, 6.45) is -1.02. The van der Waals surface area contributed by atoms with Gasteiger partial charge in [-0.15, -0.1) is 0 Å². The van der Waals surface area contributed by atoms with E-state index in [1.165, 1.54) is 11.3 Å². The van der Waals surface area contributed by atoms with Gasteiger partial charge in [-0.25, -0.2) is 4.79 Å². The molecule has 2 heterocycles. The number of carboxylic acids is 1. The summed E-state index contributed by atoms with van der Waals surface area (Å²) in [5.74, 6) is -1.22. The van der Waals surface area contributed by atoms with E-state index in [2.05, 4.69) is 0 Å². The van der Waals surface area contributed by atoms with Gasteiger partial charge in [-0.2, -0.15) is 11.3 Å². The van der Waals surface area contributed by atoms with Crippen LogP contribution in [-0.2, 0) is 14.3 Å². The maximum Gasteiger partial charge on any atom is 0.335 e. The molecule has 0 radical (unpaired) electrons. The van der Waals surface area contributed by atoms with Crippen LogP contribution in [0.2, 0.25) is 0 Å². The minimum Gasteiger partial charge on any atom is -0.479 e. The van der Waals surface area contributed by atoms with Crippen LogP contribution in [0.25, 0.3) is 0 Å². The summed E-state index contributed by atoms with van der Waals surface area (Å²) in [5, 5.41) is 13.0. The first-order valence-corrected chi connectivity index (χ1v) is 6.95. The molecule has 1 aromatic heterocycles. The van der Waals surface area contributed by atoms with Gasteiger partial charge in [-0.3, -0.25) is 4.79 Å². The molecule has 1 aliphatic rings. The van der Waals surface area contributed by atoms with E-state index in [-0.39, 0.29) is 12.5 Å². The number of hydrogen-bond donors (Lipinski definition) is 1. The van der Waals surface area contributed by atoms with Crippen molar-refractivity contribution in [3.8, 4) is 0 Å². The van der Waals surface area contributed by atoms with Crippen molar-refractivity contribution in [2.75, 3.05) is 6.61 Å². The summed E-state index contributed by atoms with van der Waals surface area (Å²) in [6.45, 7) is 5.51. The Morgan fingerprint density at radius 2 is 2.21 bits per heavy atom. The molecule has 19 heavy (non-hydrogen) atoms. The zero-order chi connectivity index (χ0) is 14.2. The molecule has 0 saturated carbocycles. The molecule has 1 fully saturated rings. The molecule has 6 heteroatoms. The van der Waals surface area contributed by atoms with Crippen LogP contribution in [0.15, 0.2) is 16.8 Å². The molecule has 1 amide bonds. The van der Waals surface area contributed by atoms with Gasteiger partial charge in [0.05, 0.1) is 6.04 Å². The Hall–Kier alpha value is -1.40. The molecule has 5 nitrogen and oxygen atoms in total. The summed E-state index contributed by atoms with van der Waals surface area (Å²) in [7, 11) is 0. The number of thiophene rings is 1. The van der Waals surface area contributed by atoms with Crippen LogP contribution < -0.4 is 0 Å². The van der Waals surface area contributed by atoms with Crippen LogP contribution in [0.5, 0.6) is 0 Å². The lowest BCUT2D eigenvalue weighted by atomic mass is 9.94. The zero-order valence-corrected chi connectivity index (χ0v) is 11.9. The maximum absolute atomic E-state index is 12.1. The van der Waals surface area contributed by atoms with E-state index in [1.807, 2.05) is 37.6 Å². The first kappa shape index (κ1) is 14.0. The van der Waals surface area contributed by atoms with Crippen molar-refractivity contribution in [2.24, 2.45) is 0 Å². The lowest BCUT2D eigenvalue weighted by Gasteiger charge is -2.46. The largest absolute Gasteiger partial charge is 0.479 e. The number of ether oxygens (including phenoxy) is 1. The molecule has 2 rings (SSSR count). The summed E-state index contributed by atoms with van der Waals surface area (Å²) in [4.78, 5) is 25.1. The summed E-state index contributed by atoms with van der Waals surface area (Å²) < 4.78 is 5.23. The monoisotopic (exact) mass is 283 g/mol. The Balaban J connectivity index is 2.47. The van der Waals surface area contributed by atoms with Crippen LogP contribution in [0.3, 0.4) is 0 Å². The highest BCUT2D eigenvalue weighted by Gasteiger charge is 2.46. The predicted molar refractivity (Wildman–Crippen MR) is 71.0 cm³/mol. The minimum absolute atomic E-state index is 0.179. The lowest BCUT2D eigenvalue weighted by Crippen LogP contribution is -2.58. The number of carbonyl (C=O) groups is 2. The fourth-order valence-corrected chi connectivity index (χ4v) is 3.07. The van der Waals surface area contributed by atoms with E-state index in [9.17, 15) is 14.7 Å². The standard InChI is InChI=1S/C13H17NO4S/c1-13(2,3)14-9(15)6-18-11(12(16)17)10(14)8-4-5-19-7-8/h4-5,7,10-11H,6H2,1-3H3,(H,16,17). The smallest absolute Gasteiger partial charge is 0.335 e. The Morgan fingerprint density at radius 1 is 1.53 bits per heavy atom. The average Bonchev–Trinajstić information content (AvgIpc) is 2.79. The number of carboxylic acid groups (broad SMARTS) is 1. The third-order valence-corrected chi connectivity index (χ3v) is 3.77. The van der Waals surface area contributed by atoms with Crippen LogP contribution in [-0.4, -0.2) is 40.1 Å². The molecule has 2 unspecified atom stereocenters. The Kier molecular flexibility index (Phi) is 3.64. The van der Waals surface area contributed by atoms with Gasteiger partial charge in [-0.1, -0.05) is 0 Å². The van der Waals surface area contributed by atoms with Crippen molar-refractivity contribution in [3.05, 3.63) is 22.4 Å². The molecule has 1 aliphatic heterocycles. The van der Waals surface area contributed by atoms with E-state index in [0.29, 0.717) is 0 Å². The van der Waals surface area contributed by atoms with Gasteiger partial charge in [-0.05, 0) is 43.2 Å². The second-order valence-electron chi connectivity index (χ2n) is 5.51. The van der Waals surface area contributed by atoms with Gasteiger partial charge in [0.2, 0.25) is 5.91 Å². The number of carbonyl (C=O) groups excluding carboxylic acids is 1. The molecule has 104 valence electrons. The lowest BCUT2D eigenvalue weighted by molar-refractivity contribution is -0.179. The number of amides is 1. The molecule has 0 aliphatic carbocycles. The van der Waals surface area contributed by atoms with Crippen molar-refractivity contribution in [1.29, 1.82) is 0 Å². The fraction of sp³-hybridized carbons (Fsp3) is 0.538. The predicted octanol–water partition coefficient (Wildman–Crippen LogP) is 1.90. The first-order valence-electron chi connectivity index (χ1n) is 6.01. The minimum atomic E-state index is -1.04. The molecule has 0 aromatic carbocycles. The number of rotatable bonds is 2. The van der Waals surface area contributed by atoms with Gasteiger partial charge >= 0.3 is 5.97 Å². The quantitative estimate of drug-likeness (QED) is 0.900. The van der Waals surface area contributed by atoms with Crippen molar-refractivity contribution in [1.82, 2.24) is 4.90 Å². The number of aliphatic carboxylic acids is 1. The van der Waals surface area contributed by atoms with Gasteiger partial charge < -0.3 is 14.7 Å². The number of hydrogen-bond acceptors (Lipinski definition) is 4. The van der Waals surface area contributed by atoms with Crippen molar-refractivity contribution < 1.29 is 19.4 Å². The molecule has 0 bridgehead atoms. The van der Waals surface area contributed by atoms with Crippen molar-refractivity contribution in [3.63, 3.8) is 0 Å². The van der Waals surface area contributed by atoms with E-state index in [0.717, 1.165) is 5.56 Å². The molecule has 1 aromatic rings. The van der Waals surface area contributed by atoms with Crippen LogP contribution in [0, 0.1) is 0 Å². The SMILES string of the molecule is CC(C)(C)N1C(=O)COC(C(=O)O)C1c1ccsc1. The summed E-state index contributed by atoms with van der Waals surface area (Å²) in [5.41, 5.74) is 0.349. The number of nitrogens with zero attached hydrogens (tertiary/aromatic N) is 1. The van der Waals surface area contributed by atoms with E-state index in [4.69, 9.17) is 4.74 Å². The van der Waals surface area contributed by atoms with E-state index in [1.54, 1.807) is 4.90 Å². The second-order valence-corrected chi connectivity index (χ2v) is 6.29. The van der Waals surface area contributed by atoms with Gasteiger partial charge in [0.1, 0.15) is 6.61 Å². The molecule has 0 spiro atoms. The van der Waals surface area contributed by atoms with Crippen LogP contribution in [0.1, 0.15) is 32.4 Å². The highest BCUT2D eigenvalue weighted by atomic mass is 32.1. The maximum atomic E-state index is 12.1. The molecular weight excluding hydrogens is 266 g/mol. The molecule has 2 atom stereocenters. The van der Waals surface area contributed by atoms with E-state index < -0.39 is 23.7 Å². The number of morpholine rings is 1. The zero-order valence-electron chi connectivity index (χ0n) is 11.1. The third kappa shape index (κ3) is 2.64. The fourth-order valence-electron chi connectivity index (χ4n) is 2.38. The topological polar surface area (TPSA) is 66.8 Å². The average molecular weight is 283 g/mol. The highest BCUT2D eigenvalue weighted by Crippen LogP contribution is 2.36. The highest BCUT2D eigenvalue weighted by molar-refractivity contribution is 7.08. The molecule has 1 saturated heterocycles. The van der Waals surface area contributed by atoms with Gasteiger partial charge in [0.25, 0.3) is 0 Å². The first-order chi connectivity index (χ1) is 8.82. The normalized spacial score (nSPS) is 24.6. The van der Waals surface area contributed by atoms with E-state index >= 15 is 0 Å². The van der Waals surface area contributed by atoms with Crippen LogP contribution >= 0.6 is 11.3 Å². The molecular formula is C13H17NO4S. The summed E-state index contributed by atoms with van der Waals surface area (Å²) in [6, 6.07) is 1.26. The van der Waals surface area contributed by atoms with Gasteiger partial charge in [0, 0.05) is 5.54 Å². The Morgan fingerprint density at radius 3 is 2.68 bits per heavy atom.